The molecule has 152 valence electrons. The van der Waals surface area contributed by atoms with Crippen LogP contribution in [0, 0.1) is 6.92 Å². The van der Waals surface area contributed by atoms with Crippen molar-refractivity contribution in [2.45, 2.75) is 40.5 Å². The number of nitrogens with one attached hydrogen (secondary N) is 2. The topological polar surface area (TPSA) is 54.9 Å². The van der Waals surface area contributed by atoms with E-state index < -0.39 is 0 Å². The van der Waals surface area contributed by atoms with Crippen molar-refractivity contribution >= 4 is 5.96 Å². The Hall–Kier alpha value is -2.37. The van der Waals surface area contributed by atoms with Crippen LogP contribution in [-0.4, -0.2) is 32.3 Å². The number of aliphatic imine (C=N–C) groups is 1. The highest BCUT2D eigenvalue weighted by molar-refractivity contribution is 5.79. The zero-order valence-corrected chi connectivity index (χ0v) is 17.3. The van der Waals surface area contributed by atoms with Crippen LogP contribution in [0.5, 0.6) is 0 Å². The number of benzene rings is 2. The third-order valence-corrected chi connectivity index (χ3v) is 4.31. The van der Waals surface area contributed by atoms with Crippen LogP contribution in [0.4, 0.5) is 0 Å². The summed E-state index contributed by atoms with van der Waals surface area (Å²) in [4.78, 5) is 4.72. The molecule has 0 saturated heterocycles. The van der Waals surface area contributed by atoms with E-state index >= 15 is 0 Å². The molecule has 2 N–H and O–H groups in total. The van der Waals surface area contributed by atoms with Crippen LogP contribution in [0.2, 0.25) is 0 Å². The fourth-order valence-electron chi connectivity index (χ4n) is 2.77. The van der Waals surface area contributed by atoms with E-state index in [4.69, 9.17) is 14.5 Å². The first-order valence-corrected chi connectivity index (χ1v) is 10.0. The van der Waals surface area contributed by atoms with Gasteiger partial charge in [-0.05, 0) is 43.0 Å². The summed E-state index contributed by atoms with van der Waals surface area (Å²) in [5.74, 6) is 0.823. The molecule has 0 amide bonds. The molecule has 0 saturated carbocycles. The molecule has 0 fully saturated rings. The summed E-state index contributed by atoms with van der Waals surface area (Å²) in [6.07, 6.45) is 0. The van der Waals surface area contributed by atoms with E-state index in [2.05, 4.69) is 73.0 Å². The van der Waals surface area contributed by atoms with E-state index in [9.17, 15) is 0 Å². The Kier molecular flexibility index (Phi) is 10.1. The number of nitrogens with zero attached hydrogens (tertiary/aromatic N) is 1. The zero-order chi connectivity index (χ0) is 20.0. The number of rotatable bonds is 11. The summed E-state index contributed by atoms with van der Waals surface area (Å²) < 4.78 is 10.9. The molecule has 28 heavy (non-hydrogen) atoms. The second kappa shape index (κ2) is 12.9. The summed E-state index contributed by atoms with van der Waals surface area (Å²) >= 11 is 0. The van der Waals surface area contributed by atoms with Gasteiger partial charge in [-0.25, -0.2) is 4.99 Å². The predicted octanol–water partition coefficient (Wildman–Crippen LogP) is 3.80. The normalized spacial score (nSPS) is 11.5. The maximum Gasteiger partial charge on any atom is 0.191 e. The molecule has 0 aromatic heterocycles. The van der Waals surface area contributed by atoms with Crippen molar-refractivity contribution in [3.8, 4) is 0 Å². The second-order valence-corrected chi connectivity index (χ2v) is 6.54. The molecule has 0 atom stereocenters. The van der Waals surface area contributed by atoms with E-state index in [0.29, 0.717) is 26.4 Å². The average molecular weight is 384 g/mol. The molecule has 0 bridgehead atoms. The Morgan fingerprint density at radius 2 is 1.71 bits per heavy atom. The monoisotopic (exact) mass is 383 g/mol. The van der Waals surface area contributed by atoms with Crippen LogP contribution < -0.4 is 10.6 Å². The predicted molar refractivity (Wildman–Crippen MR) is 115 cm³/mol. The van der Waals surface area contributed by atoms with Gasteiger partial charge >= 0.3 is 0 Å². The molecule has 0 aliphatic carbocycles. The van der Waals surface area contributed by atoms with Crippen LogP contribution in [-0.2, 0) is 29.2 Å². The first-order chi connectivity index (χ1) is 13.7. The van der Waals surface area contributed by atoms with E-state index in [1.807, 2.05) is 6.92 Å². The molecule has 0 heterocycles. The number of ether oxygens (including phenoxy) is 2. The van der Waals surface area contributed by atoms with E-state index in [1.165, 1.54) is 16.7 Å². The van der Waals surface area contributed by atoms with Crippen molar-refractivity contribution in [3.05, 3.63) is 70.8 Å². The molecule has 5 nitrogen and oxygen atoms in total. The van der Waals surface area contributed by atoms with Gasteiger partial charge in [-0.1, -0.05) is 48.5 Å². The van der Waals surface area contributed by atoms with Gasteiger partial charge in [0.25, 0.3) is 0 Å². The van der Waals surface area contributed by atoms with Crippen molar-refractivity contribution in [3.63, 3.8) is 0 Å². The largest absolute Gasteiger partial charge is 0.379 e. The van der Waals surface area contributed by atoms with Gasteiger partial charge in [0.15, 0.2) is 5.96 Å². The molecule has 0 aliphatic heterocycles. The maximum absolute atomic E-state index is 5.65. The zero-order valence-electron chi connectivity index (χ0n) is 17.3. The van der Waals surface area contributed by atoms with Crippen LogP contribution in [0.3, 0.4) is 0 Å². The van der Waals surface area contributed by atoms with Crippen molar-refractivity contribution in [1.29, 1.82) is 0 Å². The molecule has 2 aromatic carbocycles. The van der Waals surface area contributed by atoms with Crippen LogP contribution in [0.25, 0.3) is 0 Å². The number of aryl methyl sites for hydroxylation is 1. The Morgan fingerprint density at radius 1 is 0.929 bits per heavy atom. The van der Waals surface area contributed by atoms with E-state index in [1.54, 1.807) is 0 Å². The highest BCUT2D eigenvalue weighted by atomic mass is 16.5. The minimum Gasteiger partial charge on any atom is -0.379 e. The fourth-order valence-corrected chi connectivity index (χ4v) is 2.77. The lowest BCUT2D eigenvalue weighted by molar-refractivity contribution is 0.0453. The van der Waals surface area contributed by atoms with Crippen LogP contribution in [0.1, 0.15) is 36.1 Å². The van der Waals surface area contributed by atoms with Crippen molar-refractivity contribution < 1.29 is 9.47 Å². The highest BCUT2D eigenvalue weighted by Crippen LogP contribution is 2.09. The van der Waals surface area contributed by atoms with Gasteiger partial charge in [0.05, 0.1) is 26.4 Å². The molecule has 0 spiro atoms. The molecular formula is C23H33N3O2. The van der Waals surface area contributed by atoms with Crippen LogP contribution >= 0.6 is 0 Å². The SMILES string of the molecule is CCNC(=NCc1cccc(COCCOCC)c1)NCc1ccccc1C. The summed E-state index contributed by atoms with van der Waals surface area (Å²) in [7, 11) is 0. The average Bonchev–Trinajstić information content (AvgIpc) is 2.71. The molecule has 2 aromatic rings. The third-order valence-electron chi connectivity index (χ3n) is 4.31. The van der Waals surface area contributed by atoms with Gasteiger partial charge in [0, 0.05) is 19.7 Å². The van der Waals surface area contributed by atoms with E-state index in [0.717, 1.165) is 31.2 Å². The van der Waals surface area contributed by atoms with Gasteiger partial charge in [-0.3, -0.25) is 0 Å². The van der Waals surface area contributed by atoms with Crippen molar-refractivity contribution in [2.24, 2.45) is 4.99 Å². The highest BCUT2D eigenvalue weighted by Gasteiger charge is 2.02. The van der Waals surface area contributed by atoms with Gasteiger partial charge in [0.2, 0.25) is 0 Å². The lowest BCUT2D eigenvalue weighted by Crippen LogP contribution is -2.36. The smallest absolute Gasteiger partial charge is 0.191 e. The van der Waals surface area contributed by atoms with Crippen LogP contribution in [0.15, 0.2) is 53.5 Å². The summed E-state index contributed by atoms with van der Waals surface area (Å²) in [5, 5.41) is 6.73. The lowest BCUT2D eigenvalue weighted by Gasteiger charge is -2.13. The minimum atomic E-state index is 0.593. The van der Waals surface area contributed by atoms with E-state index in [-0.39, 0.29) is 0 Å². The molecule has 0 radical (unpaired) electrons. The number of hydrogen-bond donors (Lipinski definition) is 2. The Morgan fingerprint density at radius 3 is 2.50 bits per heavy atom. The Bertz CT molecular complexity index is 731. The Labute approximate surface area is 169 Å². The standard InChI is InChI=1S/C23H33N3O2/c1-4-24-23(26-17-22-12-7-6-9-19(22)3)25-16-20-10-8-11-21(15-20)18-28-14-13-27-5-2/h6-12,15H,4-5,13-14,16-18H2,1-3H3,(H2,24,25,26). The fraction of sp³-hybridized carbons (Fsp3) is 0.435. The molecule has 5 heteroatoms. The molecule has 0 aliphatic rings. The summed E-state index contributed by atoms with van der Waals surface area (Å²) in [6.45, 7) is 11.0. The van der Waals surface area contributed by atoms with Gasteiger partial charge in [0.1, 0.15) is 0 Å². The number of guanidine groups is 1. The molecular weight excluding hydrogens is 350 g/mol. The van der Waals surface area contributed by atoms with Crippen molar-refractivity contribution in [1.82, 2.24) is 10.6 Å². The third kappa shape index (κ3) is 8.11. The quantitative estimate of drug-likeness (QED) is 0.352. The first-order valence-electron chi connectivity index (χ1n) is 10.0. The van der Waals surface area contributed by atoms with Gasteiger partial charge in [-0.2, -0.15) is 0 Å². The summed E-state index contributed by atoms with van der Waals surface area (Å²) in [6, 6.07) is 16.8. The van der Waals surface area contributed by atoms with Gasteiger partial charge < -0.3 is 20.1 Å². The number of hydrogen-bond acceptors (Lipinski definition) is 3. The van der Waals surface area contributed by atoms with Crippen molar-refractivity contribution in [2.75, 3.05) is 26.4 Å². The second-order valence-electron chi connectivity index (χ2n) is 6.54. The molecule has 2 rings (SSSR count). The first kappa shape index (κ1) is 21.9. The minimum absolute atomic E-state index is 0.593. The summed E-state index contributed by atoms with van der Waals surface area (Å²) in [5.41, 5.74) is 4.88. The Balaban J connectivity index is 1.89. The van der Waals surface area contributed by atoms with Gasteiger partial charge in [-0.15, -0.1) is 0 Å². The molecule has 0 unspecified atom stereocenters. The maximum atomic E-state index is 5.65. The lowest BCUT2D eigenvalue weighted by atomic mass is 10.1.